The van der Waals surface area contributed by atoms with Crippen LogP contribution in [0.4, 0.5) is 4.39 Å². The third-order valence-corrected chi connectivity index (χ3v) is 4.13. The van der Waals surface area contributed by atoms with Crippen LogP contribution in [0.2, 0.25) is 0 Å². The summed E-state index contributed by atoms with van der Waals surface area (Å²) in [5.74, 6) is -1.16. The number of ether oxygens (including phenoxy) is 1. The molecule has 0 spiro atoms. The van der Waals surface area contributed by atoms with E-state index in [4.69, 9.17) is 0 Å². The van der Waals surface area contributed by atoms with Crippen LogP contribution < -0.4 is 5.32 Å². The Balaban J connectivity index is 1.90. The molecule has 0 unspecified atom stereocenters. The summed E-state index contributed by atoms with van der Waals surface area (Å²) in [6.45, 7) is 3.87. The minimum Gasteiger partial charge on any atom is -0.465 e. The van der Waals surface area contributed by atoms with E-state index in [1.54, 1.807) is 6.07 Å². The van der Waals surface area contributed by atoms with Crippen LogP contribution in [0, 0.1) is 11.2 Å². The predicted octanol–water partition coefficient (Wildman–Crippen LogP) is 3.28. The van der Waals surface area contributed by atoms with Gasteiger partial charge in [-0.05, 0) is 36.0 Å². The molecule has 1 aromatic rings. The van der Waals surface area contributed by atoms with Crippen LogP contribution in [-0.4, -0.2) is 19.6 Å². The Bertz CT molecular complexity index is 481. The van der Waals surface area contributed by atoms with Gasteiger partial charge in [-0.15, -0.1) is 0 Å². The Labute approximate surface area is 119 Å². The Morgan fingerprint density at radius 2 is 2.10 bits per heavy atom. The Kier molecular flexibility index (Phi) is 4.76. The van der Waals surface area contributed by atoms with Gasteiger partial charge in [-0.25, -0.2) is 9.18 Å². The molecule has 1 fully saturated rings. The lowest BCUT2D eigenvalue weighted by Gasteiger charge is -2.23. The topological polar surface area (TPSA) is 38.3 Å². The molecule has 20 heavy (non-hydrogen) atoms. The molecule has 0 aromatic heterocycles. The van der Waals surface area contributed by atoms with Gasteiger partial charge in [-0.3, -0.25) is 0 Å². The van der Waals surface area contributed by atoms with Gasteiger partial charge in [0.1, 0.15) is 5.82 Å². The number of benzene rings is 1. The number of halogens is 1. The zero-order chi connectivity index (χ0) is 14.6. The number of methoxy groups -OCH3 is 1. The first-order chi connectivity index (χ1) is 9.54. The highest BCUT2D eigenvalue weighted by Gasteiger charge is 2.27. The van der Waals surface area contributed by atoms with E-state index in [9.17, 15) is 9.18 Å². The summed E-state index contributed by atoms with van der Waals surface area (Å²) in [6, 6.07) is 4.64. The Morgan fingerprint density at radius 3 is 2.70 bits per heavy atom. The fraction of sp³-hybridized carbons (Fsp3) is 0.562. The highest BCUT2D eigenvalue weighted by Crippen LogP contribution is 2.36. The first kappa shape index (κ1) is 15.0. The van der Waals surface area contributed by atoms with E-state index in [-0.39, 0.29) is 5.56 Å². The molecule has 1 aromatic carbocycles. The van der Waals surface area contributed by atoms with Crippen molar-refractivity contribution in [2.45, 2.75) is 39.2 Å². The molecule has 2 rings (SSSR count). The van der Waals surface area contributed by atoms with Crippen LogP contribution in [0.1, 0.15) is 48.5 Å². The third kappa shape index (κ3) is 3.57. The molecular formula is C16H22FNO2. The molecule has 0 saturated heterocycles. The molecule has 0 radical (unpaired) electrons. The molecule has 0 amide bonds. The van der Waals surface area contributed by atoms with Gasteiger partial charge in [0, 0.05) is 13.1 Å². The van der Waals surface area contributed by atoms with E-state index >= 15 is 0 Å². The van der Waals surface area contributed by atoms with Crippen molar-refractivity contribution in [2.75, 3.05) is 13.7 Å². The fourth-order valence-corrected chi connectivity index (χ4v) is 2.86. The maximum atomic E-state index is 13.8. The summed E-state index contributed by atoms with van der Waals surface area (Å²) in [5.41, 5.74) is 1.21. The van der Waals surface area contributed by atoms with E-state index < -0.39 is 11.8 Å². The lowest BCUT2D eigenvalue weighted by molar-refractivity contribution is 0.0595. The molecule has 0 heterocycles. The van der Waals surface area contributed by atoms with Gasteiger partial charge >= 0.3 is 5.97 Å². The summed E-state index contributed by atoms with van der Waals surface area (Å²) in [4.78, 5) is 11.3. The van der Waals surface area contributed by atoms with Crippen molar-refractivity contribution in [1.82, 2.24) is 5.32 Å². The summed E-state index contributed by atoms with van der Waals surface area (Å²) >= 11 is 0. The van der Waals surface area contributed by atoms with Crippen molar-refractivity contribution in [2.24, 2.45) is 5.41 Å². The Hall–Kier alpha value is -1.42. The van der Waals surface area contributed by atoms with Gasteiger partial charge in [-0.2, -0.15) is 0 Å². The van der Waals surface area contributed by atoms with E-state index in [2.05, 4.69) is 17.0 Å². The maximum Gasteiger partial charge on any atom is 0.340 e. The van der Waals surface area contributed by atoms with Gasteiger partial charge in [0.2, 0.25) is 0 Å². The molecule has 3 nitrogen and oxygen atoms in total. The second-order valence-electron chi connectivity index (χ2n) is 5.93. The SMILES string of the molecule is COC(=O)c1ccc(CNCC2(C)CCCC2)cc1F. The molecule has 1 aliphatic carbocycles. The number of nitrogens with one attached hydrogen (secondary N) is 1. The zero-order valence-corrected chi connectivity index (χ0v) is 12.2. The number of carbonyl (C=O) groups excluding carboxylic acids is 1. The van der Waals surface area contributed by atoms with E-state index in [1.165, 1.54) is 44.9 Å². The van der Waals surface area contributed by atoms with E-state index in [0.29, 0.717) is 12.0 Å². The van der Waals surface area contributed by atoms with Crippen molar-refractivity contribution in [1.29, 1.82) is 0 Å². The summed E-state index contributed by atoms with van der Waals surface area (Å²) in [6.07, 6.45) is 5.13. The molecular weight excluding hydrogens is 257 g/mol. The lowest BCUT2D eigenvalue weighted by Crippen LogP contribution is -2.29. The molecule has 0 atom stereocenters. The lowest BCUT2D eigenvalue weighted by atomic mass is 9.89. The third-order valence-electron chi connectivity index (χ3n) is 4.13. The molecule has 1 N–H and O–H groups in total. The highest BCUT2D eigenvalue weighted by molar-refractivity contribution is 5.89. The van der Waals surface area contributed by atoms with Crippen LogP contribution in [0.25, 0.3) is 0 Å². The molecule has 4 heteroatoms. The van der Waals surface area contributed by atoms with Crippen molar-refractivity contribution in [3.05, 3.63) is 35.1 Å². The molecule has 110 valence electrons. The summed E-state index contributed by atoms with van der Waals surface area (Å²) < 4.78 is 18.3. The smallest absolute Gasteiger partial charge is 0.340 e. The second kappa shape index (κ2) is 6.35. The fourth-order valence-electron chi connectivity index (χ4n) is 2.86. The number of hydrogen-bond donors (Lipinski definition) is 1. The summed E-state index contributed by atoms with van der Waals surface area (Å²) in [5, 5.41) is 3.39. The molecule has 0 aliphatic heterocycles. The van der Waals surface area contributed by atoms with Crippen molar-refractivity contribution >= 4 is 5.97 Å². The predicted molar refractivity (Wildman–Crippen MR) is 76.0 cm³/mol. The number of carbonyl (C=O) groups is 1. The number of esters is 1. The minimum absolute atomic E-state index is 0.0148. The minimum atomic E-state index is -0.638. The first-order valence-electron chi connectivity index (χ1n) is 7.11. The van der Waals surface area contributed by atoms with Gasteiger partial charge in [-0.1, -0.05) is 25.8 Å². The van der Waals surface area contributed by atoms with E-state index in [0.717, 1.165) is 12.1 Å². The average molecular weight is 279 g/mol. The van der Waals surface area contributed by atoms with Crippen molar-refractivity contribution < 1.29 is 13.9 Å². The van der Waals surface area contributed by atoms with Crippen LogP contribution in [0.3, 0.4) is 0 Å². The van der Waals surface area contributed by atoms with Crippen molar-refractivity contribution in [3.8, 4) is 0 Å². The second-order valence-corrected chi connectivity index (χ2v) is 5.93. The molecule has 1 saturated carbocycles. The van der Waals surface area contributed by atoms with Crippen LogP contribution in [-0.2, 0) is 11.3 Å². The Morgan fingerprint density at radius 1 is 1.40 bits per heavy atom. The van der Waals surface area contributed by atoms with Crippen molar-refractivity contribution in [3.63, 3.8) is 0 Å². The highest BCUT2D eigenvalue weighted by atomic mass is 19.1. The average Bonchev–Trinajstić information content (AvgIpc) is 2.85. The number of rotatable bonds is 5. The first-order valence-corrected chi connectivity index (χ1v) is 7.11. The van der Waals surface area contributed by atoms with Crippen LogP contribution in [0.15, 0.2) is 18.2 Å². The van der Waals surface area contributed by atoms with Crippen LogP contribution in [0.5, 0.6) is 0 Å². The summed E-state index contributed by atoms with van der Waals surface area (Å²) in [7, 11) is 1.25. The van der Waals surface area contributed by atoms with E-state index in [1.807, 2.05) is 0 Å². The maximum absolute atomic E-state index is 13.8. The normalized spacial score (nSPS) is 17.1. The zero-order valence-electron chi connectivity index (χ0n) is 12.2. The van der Waals surface area contributed by atoms with Gasteiger partial charge in [0.25, 0.3) is 0 Å². The molecule has 0 bridgehead atoms. The van der Waals surface area contributed by atoms with Gasteiger partial charge < -0.3 is 10.1 Å². The molecule has 1 aliphatic rings. The monoisotopic (exact) mass is 279 g/mol. The van der Waals surface area contributed by atoms with Crippen LogP contribution >= 0.6 is 0 Å². The van der Waals surface area contributed by atoms with Gasteiger partial charge in [0.15, 0.2) is 0 Å². The largest absolute Gasteiger partial charge is 0.465 e. The standard InChI is InChI=1S/C16H22FNO2/c1-16(7-3-4-8-16)11-18-10-12-5-6-13(14(17)9-12)15(19)20-2/h5-6,9,18H,3-4,7-8,10-11H2,1-2H3. The van der Waals surface area contributed by atoms with Gasteiger partial charge in [0.05, 0.1) is 12.7 Å². The quantitative estimate of drug-likeness (QED) is 0.841. The number of hydrogen-bond acceptors (Lipinski definition) is 3.